The molecule has 2 rings (SSSR count). The number of amides is 1. The Morgan fingerprint density at radius 2 is 1.86 bits per heavy atom. The van der Waals surface area contributed by atoms with Crippen LogP contribution in [-0.4, -0.2) is 5.91 Å². The van der Waals surface area contributed by atoms with Crippen LogP contribution in [0, 0.1) is 6.92 Å². The van der Waals surface area contributed by atoms with Gasteiger partial charge in [-0.25, -0.2) is 0 Å². The highest BCUT2D eigenvalue weighted by atomic mass is 16.1. The zero-order valence-electron chi connectivity index (χ0n) is 12.6. The smallest absolute Gasteiger partial charge is 0.248 e. The third-order valence-electron chi connectivity index (χ3n) is 3.60. The standard InChI is InChI=1S/C18H22N2O/c1-3-4-14-5-9-17(10-6-14)20-12-16-8-7-15(18(19)21)11-13(16)2/h5-11,20H,3-4,12H2,1-2H3,(H2,19,21). The SMILES string of the molecule is CCCc1ccc(NCc2ccc(C(N)=O)cc2C)cc1. The van der Waals surface area contributed by atoms with Crippen LogP contribution in [0.1, 0.15) is 40.4 Å². The second-order valence-corrected chi connectivity index (χ2v) is 5.31. The molecule has 2 aromatic carbocycles. The van der Waals surface area contributed by atoms with Gasteiger partial charge in [0.2, 0.25) is 5.91 Å². The number of carbonyl (C=O) groups excluding carboxylic acids is 1. The van der Waals surface area contributed by atoms with Crippen molar-refractivity contribution in [2.45, 2.75) is 33.2 Å². The molecule has 0 aliphatic carbocycles. The highest BCUT2D eigenvalue weighted by molar-refractivity contribution is 5.93. The number of nitrogens with two attached hydrogens (primary N) is 1. The lowest BCUT2D eigenvalue weighted by molar-refractivity contribution is 0.1000. The molecule has 0 bridgehead atoms. The molecule has 110 valence electrons. The first-order chi connectivity index (χ1) is 10.1. The van der Waals surface area contributed by atoms with Crippen molar-refractivity contribution in [2.75, 3.05) is 5.32 Å². The van der Waals surface area contributed by atoms with E-state index in [2.05, 4.69) is 36.5 Å². The Morgan fingerprint density at radius 1 is 1.14 bits per heavy atom. The minimum absolute atomic E-state index is 0.385. The lowest BCUT2D eigenvalue weighted by atomic mass is 10.0. The Labute approximate surface area is 126 Å². The Balaban J connectivity index is 2.01. The molecular weight excluding hydrogens is 260 g/mol. The van der Waals surface area contributed by atoms with Gasteiger partial charge in [0.1, 0.15) is 0 Å². The Bertz CT molecular complexity index is 618. The van der Waals surface area contributed by atoms with Crippen LogP contribution in [0.3, 0.4) is 0 Å². The number of aryl methyl sites for hydroxylation is 2. The quantitative estimate of drug-likeness (QED) is 0.849. The molecule has 0 saturated carbocycles. The summed E-state index contributed by atoms with van der Waals surface area (Å²) in [5.74, 6) is -0.385. The normalized spacial score (nSPS) is 10.4. The monoisotopic (exact) mass is 282 g/mol. The zero-order chi connectivity index (χ0) is 15.2. The zero-order valence-corrected chi connectivity index (χ0v) is 12.6. The van der Waals surface area contributed by atoms with Crippen molar-refractivity contribution < 1.29 is 4.79 Å². The van der Waals surface area contributed by atoms with Crippen molar-refractivity contribution in [3.63, 3.8) is 0 Å². The topological polar surface area (TPSA) is 55.1 Å². The number of hydrogen-bond donors (Lipinski definition) is 2. The second kappa shape index (κ2) is 6.93. The van der Waals surface area contributed by atoms with Gasteiger partial charge in [0.05, 0.1) is 0 Å². The van der Waals surface area contributed by atoms with Crippen LogP contribution < -0.4 is 11.1 Å². The van der Waals surface area contributed by atoms with E-state index in [1.165, 1.54) is 5.56 Å². The largest absolute Gasteiger partial charge is 0.381 e. The molecule has 0 radical (unpaired) electrons. The summed E-state index contributed by atoms with van der Waals surface area (Å²) in [5, 5.41) is 3.40. The average molecular weight is 282 g/mol. The van der Waals surface area contributed by atoms with Gasteiger partial charge >= 0.3 is 0 Å². The van der Waals surface area contributed by atoms with Gasteiger partial charge in [-0.2, -0.15) is 0 Å². The first-order valence-electron chi connectivity index (χ1n) is 7.32. The van der Waals surface area contributed by atoms with E-state index in [1.54, 1.807) is 6.07 Å². The van der Waals surface area contributed by atoms with Crippen LogP contribution in [0.15, 0.2) is 42.5 Å². The Hall–Kier alpha value is -2.29. The molecule has 3 heteroatoms. The summed E-state index contributed by atoms with van der Waals surface area (Å²) in [7, 11) is 0. The van der Waals surface area contributed by atoms with Crippen molar-refractivity contribution in [2.24, 2.45) is 5.73 Å². The van der Waals surface area contributed by atoms with Crippen molar-refractivity contribution >= 4 is 11.6 Å². The van der Waals surface area contributed by atoms with Crippen molar-refractivity contribution in [3.05, 3.63) is 64.7 Å². The highest BCUT2D eigenvalue weighted by Crippen LogP contribution is 2.15. The number of primary amides is 1. The molecule has 0 heterocycles. The van der Waals surface area contributed by atoms with E-state index in [9.17, 15) is 4.79 Å². The molecule has 0 aliphatic heterocycles. The molecule has 1 amide bonds. The number of anilines is 1. The Kier molecular flexibility index (Phi) is 4.99. The summed E-state index contributed by atoms with van der Waals surface area (Å²) in [5.41, 5.74) is 10.5. The number of benzene rings is 2. The number of hydrogen-bond acceptors (Lipinski definition) is 2. The lowest BCUT2D eigenvalue weighted by Crippen LogP contribution is -2.11. The summed E-state index contributed by atoms with van der Waals surface area (Å²) in [4.78, 5) is 11.1. The average Bonchev–Trinajstić information content (AvgIpc) is 2.47. The molecule has 3 nitrogen and oxygen atoms in total. The summed E-state index contributed by atoms with van der Waals surface area (Å²) in [6.45, 7) is 4.91. The minimum Gasteiger partial charge on any atom is -0.381 e. The summed E-state index contributed by atoms with van der Waals surface area (Å²) in [6.07, 6.45) is 2.28. The third-order valence-corrected chi connectivity index (χ3v) is 3.60. The lowest BCUT2D eigenvalue weighted by Gasteiger charge is -2.10. The fourth-order valence-electron chi connectivity index (χ4n) is 2.32. The van der Waals surface area contributed by atoms with Crippen LogP contribution in [-0.2, 0) is 13.0 Å². The predicted octanol–water partition coefficient (Wildman–Crippen LogP) is 3.66. The van der Waals surface area contributed by atoms with Gasteiger partial charge in [0, 0.05) is 17.8 Å². The molecule has 0 aromatic heterocycles. The van der Waals surface area contributed by atoms with Crippen LogP contribution in [0.25, 0.3) is 0 Å². The van der Waals surface area contributed by atoms with Crippen molar-refractivity contribution in [1.82, 2.24) is 0 Å². The van der Waals surface area contributed by atoms with E-state index < -0.39 is 0 Å². The van der Waals surface area contributed by atoms with E-state index in [0.717, 1.165) is 36.2 Å². The molecule has 21 heavy (non-hydrogen) atoms. The van der Waals surface area contributed by atoms with Crippen LogP contribution in [0.5, 0.6) is 0 Å². The fourth-order valence-corrected chi connectivity index (χ4v) is 2.32. The number of nitrogens with one attached hydrogen (secondary N) is 1. The van der Waals surface area contributed by atoms with Crippen LogP contribution >= 0.6 is 0 Å². The van der Waals surface area contributed by atoms with Gasteiger partial charge in [-0.15, -0.1) is 0 Å². The van der Waals surface area contributed by atoms with Crippen LogP contribution in [0.2, 0.25) is 0 Å². The van der Waals surface area contributed by atoms with Gasteiger partial charge in [0.25, 0.3) is 0 Å². The van der Waals surface area contributed by atoms with E-state index >= 15 is 0 Å². The summed E-state index contributed by atoms with van der Waals surface area (Å²) >= 11 is 0. The van der Waals surface area contributed by atoms with E-state index in [-0.39, 0.29) is 5.91 Å². The maximum atomic E-state index is 11.1. The molecule has 0 aliphatic rings. The maximum Gasteiger partial charge on any atom is 0.248 e. The first kappa shape index (κ1) is 15.1. The molecule has 3 N–H and O–H groups in total. The predicted molar refractivity (Wildman–Crippen MR) is 87.5 cm³/mol. The Morgan fingerprint density at radius 3 is 2.43 bits per heavy atom. The number of rotatable bonds is 6. The van der Waals surface area contributed by atoms with Gasteiger partial charge < -0.3 is 11.1 Å². The highest BCUT2D eigenvalue weighted by Gasteiger charge is 2.04. The van der Waals surface area contributed by atoms with Gasteiger partial charge in [-0.1, -0.05) is 31.5 Å². The maximum absolute atomic E-state index is 11.1. The molecule has 2 aromatic rings. The van der Waals surface area contributed by atoms with E-state index in [1.807, 2.05) is 19.1 Å². The molecule has 0 unspecified atom stereocenters. The number of carbonyl (C=O) groups is 1. The summed E-state index contributed by atoms with van der Waals surface area (Å²) in [6, 6.07) is 14.1. The van der Waals surface area contributed by atoms with Gasteiger partial charge in [-0.3, -0.25) is 4.79 Å². The molecule has 0 atom stereocenters. The fraction of sp³-hybridized carbons (Fsp3) is 0.278. The van der Waals surface area contributed by atoms with Crippen LogP contribution in [0.4, 0.5) is 5.69 Å². The van der Waals surface area contributed by atoms with Crippen molar-refractivity contribution in [3.8, 4) is 0 Å². The van der Waals surface area contributed by atoms with Gasteiger partial charge in [-0.05, 0) is 54.3 Å². The molecule has 0 spiro atoms. The minimum atomic E-state index is -0.385. The van der Waals surface area contributed by atoms with E-state index in [4.69, 9.17) is 5.73 Å². The molecule has 0 fully saturated rings. The molecular formula is C18H22N2O. The summed E-state index contributed by atoms with van der Waals surface area (Å²) < 4.78 is 0. The molecule has 0 saturated heterocycles. The first-order valence-corrected chi connectivity index (χ1v) is 7.32. The third kappa shape index (κ3) is 4.09. The van der Waals surface area contributed by atoms with Crippen molar-refractivity contribution in [1.29, 1.82) is 0 Å². The van der Waals surface area contributed by atoms with E-state index in [0.29, 0.717) is 5.56 Å². The van der Waals surface area contributed by atoms with Gasteiger partial charge in [0.15, 0.2) is 0 Å². The second-order valence-electron chi connectivity index (χ2n) is 5.31.